The Morgan fingerprint density at radius 2 is 1.90 bits per heavy atom. The Morgan fingerprint density at radius 1 is 1.30 bits per heavy atom. The molecule has 1 saturated carbocycles. The van der Waals surface area contributed by atoms with E-state index >= 15 is 0 Å². The number of nitrogens with one attached hydrogen (secondary N) is 1. The molecule has 5 nitrogen and oxygen atoms in total. The Kier molecular flexibility index (Phi) is 3.75. The van der Waals surface area contributed by atoms with Crippen LogP contribution in [0.2, 0.25) is 0 Å². The number of ether oxygens (including phenoxy) is 1. The standard InChI is InChI=1S/C13H19F2NO4/c1-11(7-8-20-10(11)18)16-9(17)13(14,15)12(19)5-3-2-4-6-12/h19H,2-8H2,1H3,(H,16,17). The number of carbonyl (C=O) groups excluding carboxylic acids is 2. The van der Waals surface area contributed by atoms with Gasteiger partial charge in [-0.2, -0.15) is 8.78 Å². The van der Waals surface area contributed by atoms with E-state index in [1.54, 1.807) is 0 Å². The maximum absolute atomic E-state index is 14.2. The minimum absolute atomic E-state index is 0.0887. The summed E-state index contributed by atoms with van der Waals surface area (Å²) in [5, 5.41) is 12.1. The van der Waals surface area contributed by atoms with Gasteiger partial charge in [0.2, 0.25) is 0 Å². The van der Waals surface area contributed by atoms with Crippen molar-refractivity contribution in [3.8, 4) is 0 Å². The lowest BCUT2D eigenvalue weighted by molar-refractivity contribution is -0.202. The highest BCUT2D eigenvalue weighted by Crippen LogP contribution is 2.41. The van der Waals surface area contributed by atoms with Crippen LogP contribution in [0, 0.1) is 0 Å². The van der Waals surface area contributed by atoms with E-state index in [1.807, 2.05) is 5.32 Å². The fraction of sp³-hybridized carbons (Fsp3) is 0.846. The van der Waals surface area contributed by atoms with E-state index in [1.165, 1.54) is 6.92 Å². The first-order chi connectivity index (χ1) is 9.21. The first-order valence-electron chi connectivity index (χ1n) is 6.81. The molecule has 20 heavy (non-hydrogen) atoms. The highest BCUT2D eigenvalue weighted by atomic mass is 19.3. The van der Waals surface area contributed by atoms with Crippen molar-refractivity contribution in [2.75, 3.05) is 6.61 Å². The van der Waals surface area contributed by atoms with E-state index < -0.39 is 28.9 Å². The zero-order valence-electron chi connectivity index (χ0n) is 11.4. The molecule has 1 saturated heterocycles. The van der Waals surface area contributed by atoms with E-state index in [9.17, 15) is 23.5 Å². The van der Waals surface area contributed by atoms with Crippen LogP contribution in [0.1, 0.15) is 45.4 Å². The molecule has 1 aliphatic heterocycles. The van der Waals surface area contributed by atoms with Crippen molar-refractivity contribution < 1.29 is 28.2 Å². The predicted octanol–water partition coefficient (Wildman–Crippen LogP) is 1.14. The van der Waals surface area contributed by atoms with Crippen molar-refractivity contribution in [1.29, 1.82) is 0 Å². The van der Waals surface area contributed by atoms with Crippen LogP contribution in [-0.2, 0) is 14.3 Å². The van der Waals surface area contributed by atoms with Gasteiger partial charge >= 0.3 is 11.9 Å². The van der Waals surface area contributed by atoms with Crippen molar-refractivity contribution in [2.45, 2.75) is 62.5 Å². The molecule has 0 aromatic rings. The van der Waals surface area contributed by atoms with Crippen molar-refractivity contribution in [1.82, 2.24) is 5.32 Å². The third kappa shape index (κ3) is 2.39. The molecule has 114 valence electrons. The lowest BCUT2D eigenvalue weighted by Gasteiger charge is -2.38. The van der Waals surface area contributed by atoms with E-state index in [0.29, 0.717) is 12.8 Å². The Labute approximate surface area is 115 Å². The van der Waals surface area contributed by atoms with Gasteiger partial charge in [-0.1, -0.05) is 19.3 Å². The molecule has 2 fully saturated rings. The molecule has 0 radical (unpaired) electrons. The Balaban J connectivity index is 2.12. The molecule has 1 unspecified atom stereocenters. The second-order valence-electron chi connectivity index (χ2n) is 5.84. The van der Waals surface area contributed by atoms with Crippen molar-refractivity contribution in [2.24, 2.45) is 0 Å². The Morgan fingerprint density at radius 3 is 2.40 bits per heavy atom. The number of amides is 1. The highest BCUT2D eigenvalue weighted by Gasteiger charge is 2.59. The largest absolute Gasteiger partial charge is 0.464 e. The number of aliphatic hydroxyl groups is 1. The molecule has 0 aromatic carbocycles. The predicted molar refractivity (Wildman–Crippen MR) is 65.1 cm³/mol. The van der Waals surface area contributed by atoms with Gasteiger partial charge in [0, 0.05) is 6.42 Å². The fourth-order valence-corrected chi connectivity index (χ4v) is 2.71. The van der Waals surface area contributed by atoms with Gasteiger partial charge in [-0.15, -0.1) is 0 Å². The molecule has 0 bridgehead atoms. The van der Waals surface area contributed by atoms with Crippen molar-refractivity contribution in [3.05, 3.63) is 0 Å². The molecule has 2 N–H and O–H groups in total. The summed E-state index contributed by atoms with van der Waals surface area (Å²) in [4.78, 5) is 23.3. The average Bonchev–Trinajstić information content (AvgIpc) is 2.70. The summed E-state index contributed by atoms with van der Waals surface area (Å²) in [5.74, 6) is -6.25. The number of rotatable bonds is 3. The number of halogens is 2. The summed E-state index contributed by atoms with van der Waals surface area (Å²) in [5.41, 5.74) is -3.76. The van der Waals surface area contributed by atoms with Crippen LogP contribution in [0.4, 0.5) is 8.78 Å². The fourth-order valence-electron chi connectivity index (χ4n) is 2.71. The molecule has 1 atom stereocenters. The van der Waals surface area contributed by atoms with Crippen molar-refractivity contribution >= 4 is 11.9 Å². The minimum Gasteiger partial charge on any atom is -0.464 e. The Hall–Kier alpha value is -1.24. The normalized spacial score (nSPS) is 29.9. The number of alkyl halides is 2. The molecular weight excluding hydrogens is 272 g/mol. The van der Waals surface area contributed by atoms with Gasteiger partial charge in [-0.05, 0) is 19.8 Å². The van der Waals surface area contributed by atoms with Crippen LogP contribution < -0.4 is 5.32 Å². The molecular formula is C13H19F2NO4. The molecule has 1 amide bonds. The number of carbonyl (C=O) groups is 2. The van der Waals surface area contributed by atoms with E-state index in [2.05, 4.69) is 0 Å². The first kappa shape index (κ1) is 15.2. The van der Waals surface area contributed by atoms with Crippen LogP contribution in [-0.4, -0.2) is 40.7 Å². The quantitative estimate of drug-likeness (QED) is 0.765. The highest BCUT2D eigenvalue weighted by molar-refractivity contribution is 5.92. The Bertz CT molecular complexity index is 421. The van der Waals surface area contributed by atoms with Gasteiger partial charge in [-0.25, -0.2) is 4.79 Å². The minimum atomic E-state index is -3.92. The van der Waals surface area contributed by atoms with Crippen LogP contribution >= 0.6 is 0 Å². The lowest BCUT2D eigenvalue weighted by Crippen LogP contribution is -2.62. The van der Waals surface area contributed by atoms with Crippen LogP contribution in [0.25, 0.3) is 0 Å². The third-order valence-electron chi connectivity index (χ3n) is 4.23. The molecule has 2 rings (SSSR count). The lowest BCUT2D eigenvalue weighted by atomic mass is 9.79. The van der Waals surface area contributed by atoms with Gasteiger partial charge in [0.25, 0.3) is 5.91 Å². The van der Waals surface area contributed by atoms with Crippen molar-refractivity contribution in [3.63, 3.8) is 0 Å². The van der Waals surface area contributed by atoms with E-state index in [0.717, 1.165) is 6.42 Å². The monoisotopic (exact) mass is 291 g/mol. The molecule has 0 spiro atoms. The van der Waals surface area contributed by atoms with Crippen LogP contribution in [0.3, 0.4) is 0 Å². The zero-order chi connectivity index (χ0) is 15.0. The van der Waals surface area contributed by atoms with E-state index in [4.69, 9.17) is 4.74 Å². The van der Waals surface area contributed by atoms with Crippen LogP contribution in [0.15, 0.2) is 0 Å². The number of cyclic esters (lactones) is 1. The SMILES string of the molecule is CC1(NC(=O)C(F)(F)C2(O)CCCCC2)CCOC1=O. The summed E-state index contributed by atoms with van der Waals surface area (Å²) in [6.45, 7) is 1.44. The average molecular weight is 291 g/mol. The van der Waals surface area contributed by atoms with Gasteiger partial charge < -0.3 is 15.2 Å². The van der Waals surface area contributed by atoms with Gasteiger partial charge in [0.05, 0.1) is 6.61 Å². The summed E-state index contributed by atoms with van der Waals surface area (Å²) in [6, 6.07) is 0. The smallest absolute Gasteiger partial charge is 0.352 e. The second kappa shape index (κ2) is 4.95. The van der Waals surface area contributed by atoms with Gasteiger partial charge in [0.15, 0.2) is 0 Å². The molecule has 7 heteroatoms. The molecule has 2 aliphatic rings. The summed E-state index contributed by atoms with van der Waals surface area (Å²) in [7, 11) is 0. The zero-order valence-corrected chi connectivity index (χ0v) is 11.4. The number of esters is 1. The number of hydrogen-bond donors (Lipinski definition) is 2. The maximum Gasteiger partial charge on any atom is 0.352 e. The number of hydrogen-bond acceptors (Lipinski definition) is 4. The van der Waals surface area contributed by atoms with E-state index in [-0.39, 0.29) is 25.9 Å². The van der Waals surface area contributed by atoms with Gasteiger partial charge in [0.1, 0.15) is 11.1 Å². The third-order valence-corrected chi connectivity index (χ3v) is 4.23. The molecule has 1 heterocycles. The molecule has 1 aliphatic carbocycles. The molecule has 0 aromatic heterocycles. The summed E-state index contributed by atoms with van der Waals surface area (Å²) in [6.07, 6.45) is 1.59. The van der Waals surface area contributed by atoms with Crippen LogP contribution in [0.5, 0.6) is 0 Å². The maximum atomic E-state index is 14.2. The first-order valence-corrected chi connectivity index (χ1v) is 6.81. The van der Waals surface area contributed by atoms with Gasteiger partial charge in [-0.3, -0.25) is 4.79 Å². The topological polar surface area (TPSA) is 75.6 Å². The summed E-state index contributed by atoms with van der Waals surface area (Å²) >= 11 is 0. The summed E-state index contributed by atoms with van der Waals surface area (Å²) < 4.78 is 33.1. The second-order valence-corrected chi connectivity index (χ2v) is 5.84.